The van der Waals surface area contributed by atoms with E-state index in [2.05, 4.69) is 10.2 Å². The fourth-order valence-electron chi connectivity index (χ4n) is 1.38. The Bertz CT molecular complexity index is 494. The number of phenols is 1. The van der Waals surface area contributed by atoms with Crippen LogP contribution in [-0.4, -0.2) is 28.3 Å². The van der Waals surface area contributed by atoms with Crippen LogP contribution >= 0.6 is 0 Å². The van der Waals surface area contributed by atoms with E-state index in [1.165, 1.54) is 23.4 Å². The van der Waals surface area contributed by atoms with Crippen LogP contribution in [0.5, 0.6) is 5.75 Å². The number of aromatic hydroxyl groups is 1. The quantitative estimate of drug-likeness (QED) is 0.798. The summed E-state index contributed by atoms with van der Waals surface area (Å²) in [6.45, 7) is 0. The third-order valence-electron chi connectivity index (χ3n) is 2.27. The van der Waals surface area contributed by atoms with E-state index in [9.17, 15) is 9.90 Å². The number of carbonyl (C=O) groups is 1. The van der Waals surface area contributed by atoms with Crippen molar-refractivity contribution in [2.24, 2.45) is 0 Å². The number of carbonyl (C=O) groups excluding carboxylic acids is 1. The maximum absolute atomic E-state index is 11.9. The normalized spacial score (nSPS) is 10.1. The van der Waals surface area contributed by atoms with Crippen LogP contribution in [0, 0.1) is 0 Å². The maximum atomic E-state index is 11.9. The first-order valence-corrected chi connectivity index (χ1v) is 4.74. The number of benzene rings is 1. The van der Waals surface area contributed by atoms with Crippen molar-refractivity contribution >= 4 is 11.6 Å². The molecular formula is C11H11N3O2. The lowest BCUT2D eigenvalue weighted by Crippen LogP contribution is -2.25. The first kappa shape index (κ1) is 10.2. The number of aromatic nitrogens is 2. The highest BCUT2D eigenvalue weighted by Crippen LogP contribution is 2.20. The Morgan fingerprint density at radius 2 is 2.31 bits per heavy atom. The van der Waals surface area contributed by atoms with Crippen molar-refractivity contribution in [1.82, 2.24) is 10.2 Å². The topological polar surface area (TPSA) is 69.2 Å². The number of hydrogen-bond donors (Lipinski definition) is 2. The van der Waals surface area contributed by atoms with Gasteiger partial charge in [-0.3, -0.25) is 9.89 Å². The van der Waals surface area contributed by atoms with E-state index in [1.807, 2.05) is 0 Å². The van der Waals surface area contributed by atoms with Gasteiger partial charge >= 0.3 is 0 Å². The molecule has 0 saturated heterocycles. The van der Waals surface area contributed by atoms with Crippen molar-refractivity contribution < 1.29 is 9.90 Å². The summed E-state index contributed by atoms with van der Waals surface area (Å²) >= 11 is 0. The van der Waals surface area contributed by atoms with Crippen LogP contribution in [0.1, 0.15) is 10.4 Å². The molecule has 0 aliphatic rings. The first-order chi connectivity index (χ1) is 7.68. The van der Waals surface area contributed by atoms with Crippen LogP contribution in [0.2, 0.25) is 0 Å². The van der Waals surface area contributed by atoms with Crippen LogP contribution < -0.4 is 4.90 Å². The molecule has 1 aromatic heterocycles. The Labute approximate surface area is 92.3 Å². The zero-order valence-corrected chi connectivity index (χ0v) is 8.71. The molecule has 0 aliphatic carbocycles. The number of amides is 1. The van der Waals surface area contributed by atoms with Crippen LogP contribution in [-0.2, 0) is 0 Å². The predicted molar refractivity (Wildman–Crippen MR) is 59.4 cm³/mol. The number of phenolic OH excluding ortho intramolecular Hbond substituents is 1. The fraction of sp³-hybridized carbons (Fsp3) is 0.0909. The minimum atomic E-state index is -0.181. The van der Waals surface area contributed by atoms with Crippen molar-refractivity contribution in [2.45, 2.75) is 0 Å². The molecule has 1 amide bonds. The van der Waals surface area contributed by atoms with Gasteiger partial charge in [0.25, 0.3) is 5.91 Å². The summed E-state index contributed by atoms with van der Waals surface area (Å²) in [5.41, 5.74) is 1.11. The zero-order valence-electron chi connectivity index (χ0n) is 8.71. The smallest absolute Gasteiger partial charge is 0.261 e. The van der Waals surface area contributed by atoms with E-state index in [-0.39, 0.29) is 11.7 Å². The molecule has 0 unspecified atom stereocenters. The van der Waals surface area contributed by atoms with E-state index < -0.39 is 0 Å². The van der Waals surface area contributed by atoms with Gasteiger partial charge in [-0.2, -0.15) is 5.10 Å². The number of rotatable bonds is 2. The summed E-state index contributed by atoms with van der Waals surface area (Å²) in [5, 5.41) is 15.6. The number of nitrogens with zero attached hydrogens (tertiary/aromatic N) is 2. The Hall–Kier alpha value is -2.30. The van der Waals surface area contributed by atoms with Gasteiger partial charge in [-0.1, -0.05) is 6.07 Å². The first-order valence-electron chi connectivity index (χ1n) is 4.74. The molecule has 0 saturated carbocycles. The highest BCUT2D eigenvalue weighted by molar-refractivity contribution is 6.05. The molecule has 0 aliphatic heterocycles. The van der Waals surface area contributed by atoms with E-state index in [4.69, 9.17) is 0 Å². The van der Waals surface area contributed by atoms with Crippen molar-refractivity contribution in [2.75, 3.05) is 11.9 Å². The molecule has 2 aromatic rings. The average molecular weight is 217 g/mol. The third kappa shape index (κ3) is 1.88. The maximum Gasteiger partial charge on any atom is 0.261 e. The molecule has 0 spiro atoms. The lowest BCUT2D eigenvalue weighted by atomic mass is 10.2. The number of anilines is 1. The van der Waals surface area contributed by atoms with Gasteiger partial charge in [0.1, 0.15) is 5.75 Å². The van der Waals surface area contributed by atoms with Crippen molar-refractivity contribution in [3.63, 3.8) is 0 Å². The summed E-state index contributed by atoms with van der Waals surface area (Å²) in [6.07, 6.45) is 2.99. The van der Waals surface area contributed by atoms with Crippen LogP contribution in [0.15, 0.2) is 36.7 Å². The number of H-pyrrole nitrogens is 1. The Balaban J connectivity index is 2.26. The molecule has 1 heterocycles. The fourth-order valence-corrected chi connectivity index (χ4v) is 1.38. The van der Waals surface area contributed by atoms with Crippen LogP contribution in [0.3, 0.4) is 0 Å². The molecule has 5 heteroatoms. The van der Waals surface area contributed by atoms with E-state index in [1.54, 1.807) is 25.2 Å². The predicted octanol–water partition coefficient (Wildman–Crippen LogP) is 1.39. The van der Waals surface area contributed by atoms with Gasteiger partial charge < -0.3 is 10.0 Å². The molecule has 1 aromatic carbocycles. The van der Waals surface area contributed by atoms with Gasteiger partial charge in [0, 0.05) is 25.0 Å². The minimum absolute atomic E-state index is 0.129. The van der Waals surface area contributed by atoms with Crippen molar-refractivity contribution in [1.29, 1.82) is 0 Å². The number of hydrogen-bond acceptors (Lipinski definition) is 3. The minimum Gasteiger partial charge on any atom is -0.508 e. The summed E-state index contributed by atoms with van der Waals surface area (Å²) in [6, 6.07) is 6.51. The average Bonchev–Trinajstić information content (AvgIpc) is 2.80. The Morgan fingerprint density at radius 3 is 2.94 bits per heavy atom. The second-order valence-corrected chi connectivity index (χ2v) is 3.37. The Morgan fingerprint density at radius 1 is 1.50 bits per heavy atom. The molecule has 5 nitrogen and oxygen atoms in total. The van der Waals surface area contributed by atoms with Crippen LogP contribution in [0.25, 0.3) is 0 Å². The highest BCUT2D eigenvalue weighted by Gasteiger charge is 2.14. The highest BCUT2D eigenvalue weighted by atomic mass is 16.3. The van der Waals surface area contributed by atoms with Gasteiger partial charge in [-0.15, -0.1) is 0 Å². The number of aromatic amines is 1. The van der Waals surface area contributed by atoms with Crippen LogP contribution in [0.4, 0.5) is 5.69 Å². The third-order valence-corrected chi connectivity index (χ3v) is 2.27. The number of nitrogens with one attached hydrogen (secondary N) is 1. The summed E-state index contributed by atoms with van der Waals surface area (Å²) in [7, 11) is 1.64. The molecule has 0 radical (unpaired) electrons. The second kappa shape index (κ2) is 4.06. The van der Waals surface area contributed by atoms with Crippen molar-refractivity contribution in [3.8, 4) is 5.75 Å². The lowest BCUT2D eigenvalue weighted by Gasteiger charge is -2.16. The molecule has 0 fully saturated rings. The van der Waals surface area contributed by atoms with Gasteiger partial charge in [-0.25, -0.2) is 0 Å². The zero-order chi connectivity index (χ0) is 11.5. The van der Waals surface area contributed by atoms with Gasteiger partial charge in [0.05, 0.1) is 11.8 Å². The Kier molecular flexibility index (Phi) is 2.59. The van der Waals surface area contributed by atoms with Crippen molar-refractivity contribution in [3.05, 3.63) is 42.2 Å². The van der Waals surface area contributed by atoms with E-state index in [0.29, 0.717) is 11.3 Å². The largest absolute Gasteiger partial charge is 0.508 e. The molecular weight excluding hydrogens is 206 g/mol. The van der Waals surface area contributed by atoms with Gasteiger partial charge in [0.2, 0.25) is 0 Å². The molecule has 82 valence electrons. The van der Waals surface area contributed by atoms with Gasteiger partial charge in [-0.05, 0) is 12.1 Å². The van der Waals surface area contributed by atoms with E-state index >= 15 is 0 Å². The molecule has 0 atom stereocenters. The molecule has 2 rings (SSSR count). The standard InChI is InChI=1S/C11H11N3O2/c1-14(9-3-2-4-10(15)5-9)11(16)8-6-12-13-7-8/h2-7,15H,1H3,(H,12,13). The SMILES string of the molecule is CN(C(=O)c1cn[nH]c1)c1cccc(O)c1. The second-order valence-electron chi connectivity index (χ2n) is 3.37. The molecule has 0 bridgehead atoms. The lowest BCUT2D eigenvalue weighted by molar-refractivity contribution is 0.0993. The molecule has 2 N–H and O–H groups in total. The summed E-state index contributed by atoms with van der Waals surface area (Å²) < 4.78 is 0. The van der Waals surface area contributed by atoms with E-state index in [0.717, 1.165) is 0 Å². The monoisotopic (exact) mass is 217 g/mol. The molecule has 16 heavy (non-hydrogen) atoms. The van der Waals surface area contributed by atoms with Gasteiger partial charge in [0.15, 0.2) is 0 Å². The summed E-state index contributed by atoms with van der Waals surface area (Å²) in [4.78, 5) is 13.4. The summed E-state index contributed by atoms with van der Waals surface area (Å²) in [5.74, 6) is -0.0521.